The van der Waals surface area contributed by atoms with Crippen molar-refractivity contribution in [3.05, 3.63) is 29.6 Å². The van der Waals surface area contributed by atoms with Crippen LogP contribution in [0.15, 0.2) is 18.3 Å². The number of aryl methyl sites for hydroxylation is 1. The van der Waals surface area contributed by atoms with Gasteiger partial charge in [0.15, 0.2) is 0 Å². The van der Waals surface area contributed by atoms with E-state index in [2.05, 4.69) is 30.3 Å². The van der Waals surface area contributed by atoms with Gasteiger partial charge in [0, 0.05) is 6.20 Å². The summed E-state index contributed by atoms with van der Waals surface area (Å²) < 4.78 is 0. The molecule has 0 aliphatic heterocycles. The Bertz CT molecular complexity index is 273. The number of hydrogen-bond acceptors (Lipinski definition) is 3. The van der Waals surface area contributed by atoms with E-state index in [4.69, 9.17) is 5.84 Å². The van der Waals surface area contributed by atoms with Crippen LogP contribution in [-0.2, 0) is 0 Å². The minimum absolute atomic E-state index is 0.191. The van der Waals surface area contributed by atoms with E-state index < -0.39 is 0 Å². The molecule has 1 atom stereocenters. The van der Waals surface area contributed by atoms with Crippen molar-refractivity contribution in [2.75, 3.05) is 0 Å². The molecule has 0 amide bonds. The third kappa shape index (κ3) is 2.79. The molecule has 78 valence electrons. The molecule has 0 radical (unpaired) electrons. The van der Waals surface area contributed by atoms with Crippen molar-refractivity contribution in [1.29, 1.82) is 0 Å². The van der Waals surface area contributed by atoms with Gasteiger partial charge in [0.1, 0.15) is 0 Å². The maximum Gasteiger partial charge on any atom is 0.0634 e. The first-order valence-corrected chi connectivity index (χ1v) is 5.17. The lowest BCUT2D eigenvalue weighted by molar-refractivity contribution is 0.482. The molecule has 0 saturated carbocycles. The molecule has 1 aromatic heterocycles. The van der Waals surface area contributed by atoms with E-state index in [9.17, 15) is 0 Å². The molecular formula is C11H19N3. The number of nitrogens with zero attached hydrogens (tertiary/aromatic N) is 1. The maximum atomic E-state index is 5.52. The second-order valence-electron chi connectivity index (χ2n) is 3.57. The number of unbranched alkanes of at least 4 members (excludes halogenated alkanes) is 1. The molecule has 0 fully saturated rings. The summed E-state index contributed by atoms with van der Waals surface area (Å²) in [5, 5.41) is 0. The van der Waals surface area contributed by atoms with Crippen molar-refractivity contribution in [1.82, 2.24) is 10.4 Å². The summed E-state index contributed by atoms with van der Waals surface area (Å²) in [5.41, 5.74) is 5.10. The van der Waals surface area contributed by atoms with Crippen LogP contribution in [0.5, 0.6) is 0 Å². The number of hydrogen-bond donors (Lipinski definition) is 2. The zero-order chi connectivity index (χ0) is 10.4. The molecule has 0 aliphatic rings. The molecule has 0 aromatic carbocycles. The summed E-state index contributed by atoms with van der Waals surface area (Å²) in [7, 11) is 0. The van der Waals surface area contributed by atoms with Crippen LogP contribution < -0.4 is 11.3 Å². The minimum atomic E-state index is 0.191. The lowest BCUT2D eigenvalue weighted by atomic mass is 10.0. The topological polar surface area (TPSA) is 50.9 Å². The molecule has 0 spiro atoms. The SMILES string of the molecule is CCCCC(NN)c1ncccc1C. The van der Waals surface area contributed by atoms with Crippen LogP contribution in [0.1, 0.15) is 43.5 Å². The molecule has 1 rings (SSSR count). The van der Waals surface area contributed by atoms with Gasteiger partial charge >= 0.3 is 0 Å². The lowest BCUT2D eigenvalue weighted by Gasteiger charge is -2.16. The van der Waals surface area contributed by atoms with E-state index in [-0.39, 0.29) is 6.04 Å². The zero-order valence-corrected chi connectivity index (χ0v) is 8.96. The van der Waals surface area contributed by atoms with Gasteiger partial charge in [-0.05, 0) is 25.0 Å². The van der Waals surface area contributed by atoms with Crippen LogP contribution in [0.2, 0.25) is 0 Å². The summed E-state index contributed by atoms with van der Waals surface area (Å²) in [6.07, 6.45) is 5.22. The van der Waals surface area contributed by atoms with Gasteiger partial charge < -0.3 is 0 Å². The van der Waals surface area contributed by atoms with E-state index in [1.807, 2.05) is 12.3 Å². The second kappa shape index (κ2) is 5.73. The zero-order valence-electron chi connectivity index (χ0n) is 8.96. The highest BCUT2D eigenvalue weighted by Crippen LogP contribution is 2.19. The van der Waals surface area contributed by atoms with Crippen LogP contribution in [0.25, 0.3) is 0 Å². The largest absolute Gasteiger partial charge is 0.271 e. The minimum Gasteiger partial charge on any atom is -0.271 e. The van der Waals surface area contributed by atoms with Crippen molar-refractivity contribution in [2.24, 2.45) is 5.84 Å². The van der Waals surface area contributed by atoms with E-state index in [0.717, 1.165) is 12.1 Å². The molecule has 14 heavy (non-hydrogen) atoms. The Morgan fingerprint density at radius 2 is 2.36 bits per heavy atom. The van der Waals surface area contributed by atoms with E-state index in [1.54, 1.807) is 0 Å². The fourth-order valence-electron chi connectivity index (χ4n) is 1.57. The normalized spacial score (nSPS) is 12.8. The maximum absolute atomic E-state index is 5.52. The molecule has 0 saturated heterocycles. The summed E-state index contributed by atoms with van der Waals surface area (Å²) in [4.78, 5) is 4.36. The lowest BCUT2D eigenvalue weighted by Crippen LogP contribution is -2.29. The molecule has 0 aliphatic carbocycles. The first-order valence-electron chi connectivity index (χ1n) is 5.17. The second-order valence-corrected chi connectivity index (χ2v) is 3.57. The molecule has 1 heterocycles. The quantitative estimate of drug-likeness (QED) is 0.556. The number of nitrogens with one attached hydrogen (secondary N) is 1. The predicted octanol–water partition coefficient (Wildman–Crippen LogP) is 2.08. The number of rotatable bonds is 5. The first kappa shape index (κ1) is 11.1. The molecule has 3 heteroatoms. The van der Waals surface area contributed by atoms with Gasteiger partial charge in [-0.3, -0.25) is 16.3 Å². The van der Waals surface area contributed by atoms with Gasteiger partial charge in [-0.25, -0.2) is 0 Å². The first-order chi connectivity index (χ1) is 6.79. The molecule has 3 nitrogen and oxygen atoms in total. The Morgan fingerprint density at radius 3 is 2.93 bits per heavy atom. The summed E-state index contributed by atoms with van der Waals surface area (Å²) in [6, 6.07) is 4.21. The monoisotopic (exact) mass is 193 g/mol. The Morgan fingerprint density at radius 1 is 1.57 bits per heavy atom. The summed E-state index contributed by atoms with van der Waals surface area (Å²) in [6.45, 7) is 4.25. The number of aromatic nitrogens is 1. The van der Waals surface area contributed by atoms with Crippen molar-refractivity contribution in [3.63, 3.8) is 0 Å². The van der Waals surface area contributed by atoms with Crippen LogP contribution in [-0.4, -0.2) is 4.98 Å². The van der Waals surface area contributed by atoms with Crippen LogP contribution in [0.3, 0.4) is 0 Å². The van der Waals surface area contributed by atoms with Gasteiger partial charge in [-0.2, -0.15) is 0 Å². The Kier molecular flexibility index (Phi) is 4.56. The van der Waals surface area contributed by atoms with E-state index in [1.165, 1.54) is 18.4 Å². The van der Waals surface area contributed by atoms with Crippen LogP contribution in [0.4, 0.5) is 0 Å². The third-order valence-electron chi connectivity index (χ3n) is 2.43. The molecule has 1 unspecified atom stereocenters. The highest BCUT2D eigenvalue weighted by atomic mass is 15.2. The van der Waals surface area contributed by atoms with Gasteiger partial charge in [-0.1, -0.05) is 25.8 Å². The van der Waals surface area contributed by atoms with Gasteiger partial charge in [0.05, 0.1) is 11.7 Å². The number of hydrazine groups is 1. The molecule has 0 bridgehead atoms. The predicted molar refractivity (Wildman–Crippen MR) is 58.6 cm³/mol. The van der Waals surface area contributed by atoms with Crippen molar-refractivity contribution >= 4 is 0 Å². The Balaban J connectivity index is 2.73. The van der Waals surface area contributed by atoms with E-state index in [0.29, 0.717) is 0 Å². The molecular weight excluding hydrogens is 174 g/mol. The summed E-state index contributed by atoms with van der Waals surface area (Å²) >= 11 is 0. The highest BCUT2D eigenvalue weighted by Gasteiger charge is 2.11. The smallest absolute Gasteiger partial charge is 0.0634 e. The highest BCUT2D eigenvalue weighted by molar-refractivity contribution is 5.20. The van der Waals surface area contributed by atoms with E-state index >= 15 is 0 Å². The van der Waals surface area contributed by atoms with Crippen molar-refractivity contribution in [2.45, 2.75) is 39.2 Å². The van der Waals surface area contributed by atoms with Gasteiger partial charge in [0.25, 0.3) is 0 Å². The van der Waals surface area contributed by atoms with Gasteiger partial charge in [0.2, 0.25) is 0 Å². The molecule has 3 N–H and O–H groups in total. The van der Waals surface area contributed by atoms with Crippen LogP contribution >= 0.6 is 0 Å². The van der Waals surface area contributed by atoms with Crippen molar-refractivity contribution < 1.29 is 0 Å². The standard InChI is InChI=1S/C11H19N3/c1-3-4-7-10(14-12)11-9(2)6-5-8-13-11/h5-6,8,10,14H,3-4,7,12H2,1-2H3. The molecule has 1 aromatic rings. The van der Waals surface area contributed by atoms with Crippen LogP contribution in [0, 0.1) is 6.92 Å². The Hall–Kier alpha value is -0.930. The number of nitrogens with two attached hydrogens (primary N) is 1. The Labute approximate surface area is 85.7 Å². The average molecular weight is 193 g/mol. The third-order valence-corrected chi connectivity index (χ3v) is 2.43. The summed E-state index contributed by atoms with van der Waals surface area (Å²) in [5.74, 6) is 5.52. The van der Waals surface area contributed by atoms with Crippen molar-refractivity contribution in [3.8, 4) is 0 Å². The number of pyridine rings is 1. The average Bonchev–Trinajstić information content (AvgIpc) is 2.21. The fraction of sp³-hybridized carbons (Fsp3) is 0.545. The van der Waals surface area contributed by atoms with Gasteiger partial charge in [-0.15, -0.1) is 0 Å². The fourth-order valence-corrected chi connectivity index (χ4v) is 1.57.